The predicted octanol–water partition coefficient (Wildman–Crippen LogP) is 2.51. The zero-order valence-electron chi connectivity index (χ0n) is 13.0. The maximum atomic E-state index is 5.96. The number of nitrogens with two attached hydrogens (primary N) is 1. The Kier molecular flexibility index (Phi) is 5.91. The van der Waals surface area contributed by atoms with Crippen LogP contribution in [0, 0.1) is 6.92 Å². The number of para-hydroxylation sites is 1. The molecule has 116 valence electrons. The summed E-state index contributed by atoms with van der Waals surface area (Å²) in [5, 5.41) is 3.13. The van der Waals surface area contributed by atoms with E-state index in [-0.39, 0.29) is 0 Å². The van der Waals surface area contributed by atoms with Gasteiger partial charge in [0, 0.05) is 37.3 Å². The van der Waals surface area contributed by atoms with Crippen LogP contribution in [0.2, 0.25) is 0 Å². The highest BCUT2D eigenvalue weighted by Gasteiger charge is 2.02. The molecule has 0 aliphatic rings. The summed E-state index contributed by atoms with van der Waals surface area (Å²) in [6, 6.07) is 9.90. The highest BCUT2D eigenvalue weighted by molar-refractivity contribution is 5.92. The van der Waals surface area contributed by atoms with Crippen LogP contribution in [0.1, 0.15) is 16.7 Å². The van der Waals surface area contributed by atoms with E-state index in [1.54, 1.807) is 13.3 Å². The van der Waals surface area contributed by atoms with Gasteiger partial charge in [0.05, 0.1) is 6.61 Å². The standard InChI is InChI=1S/C17H22N4O/c1-13-11-19-9-7-14(13)8-10-20-17(18)21-16-6-4-3-5-15(16)12-22-2/h3-7,9,11H,8,10,12H2,1-2H3,(H3,18,20,21). The van der Waals surface area contributed by atoms with Crippen LogP contribution in [0.15, 0.2) is 47.7 Å². The van der Waals surface area contributed by atoms with Crippen LogP contribution in [-0.4, -0.2) is 24.6 Å². The average Bonchev–Trinajstić information content (AvgIpc) is 2.51. The van der Waals surface area contributed by atoms with Crippen LogP contribution in [0.25, 0.3) is 0 Å². The molecule has 0 radical (unpaired) electrons. The van der Waals surface area contributed by atoms with Crippen molar-refractivity contribution in [2.75, 3.05) is 19.0 Å². The monoisotopic (exact) mass is 298 g/mol. The van der Waals surface area contributed by atoms with Gasteiger partial charge in [-0.2, -0.15) is 0 Å². The number of aryl methyl sites for hydroxylation is 1. The molecule has 1 heterocycles. The Morgan fingerprint density at radius 3 is 2.86 bits per heavy atom. The minimum absolute atomic E-state index is 0.412. The van der Waals surface area contributed by atoms with E-state index in [0.29, 0.717) is 19.1 Å². The highest BCUT2D eigenvalue weighted by Crippen LogP contribution is 2.15. The molecular weight excluding hydrogens is 276 g/mol. The van der Waals surface area contributed by atoms with Crippen LogP contribution in [0.3, 0.4) is 0 Å². The Hall–Kier alpha value is -2.40. The number of ether oxygens (including phenoxy) is 1. The minimum atomic E-state index is 0.412. The summed E-state index contributed by atoms with van der Waals surface area (Å²) in [5.74, 6) is 0.412. The first-order valence-electron chi connectivity index (χ1n) is 7.24. The number of nitrogens with zero attached hydrogens (tertiary/aromatic N) is 2. The lowest BCUT2D eigenvalue weighted by molar-refractivity contribution is 0.185. The molecule has 0 fully saturated rings. The van der Waals surface area contributed by atoms with Crippen LogP contribution < -0.4 is 11.1 Å². The van der Waals surface area contributed by atoms with Gasteiger partial charge in [-0.25, -0.2) is 0 Å². The molecule has 0 amide bonds. The molecule has 5 nitrogen and oxygen atoms in total. The second kappa shape index (κ2) is 8.14. The fourth-order valence-electron chi connectivity index (χ4n) is 2.18. The molecule has 0 saturated heterocycles. The number of methoxy groups -OCH3 is 1. The van der Waals surface area contributed by atoms with Gasteiger partial charge in [0.2, 0.25) is 0 Å². The van der Waals surface area contributed by atoms with E-state index < -0.39 is 0 Å². The zero-order valence-corrected chi connectivity index (χ0v) is 13.0. The third kappa shape index (κ3) is 4.56. The van der Waals surface area contributed by atoms with Crippen LogP contribution in [0.5, 0.6) is 0 Å². The van der Waals surface area contributed by atoms with Crippen LogP contribution in [0.4, 0.5) is 5.69 Å². The molecule has 0 aliphatic heterocycles. The molecule has 22 heavy (non-hydrogen) atoms. The molecule has 0 spiro atoms. The van der Waals surface area contributed by atoms with Crippen LogP contribution in [-0.2, 0) is 17.8 Å². The Morgan fingerprint density at radius 1 is 1.27 bits per heavy atom. The van der Waals surface area contributed by atoms with E-state index in [4.69, 9.17) is 10.5 Å². The second-order valence-electron chi connectivity index (χ2n) is 5.03. The molecular formula is C17H22N4O. The number of pyridine rings is 1. The normalized spacial score (nSPS) is 11.5. The Balaban J connectivity index is 1.94. The van der Waals surface area contributed by atoms with Crippen molar-refractivity contribution >= 4 is 11.6 Å². The lowest BCUT2D eigenvalue weighted by Gasteiger charge is -2.11. The summed E-state index contributed by atoms with van der Waals surface area (Å²) in [6.45, 7) is 3.22. The Morgan fingerprint density at radius 2 is 2.09 bits per heavy atom. The number of aliphatic imine (C=N–C) groups is 1. The van der Waals surface area contributed by atoms with Crippen molar-refractivity contribution in [1.82, 2.24) is 4.98 Å². The molecule has 1 aromatic heterocycles. The third-order valence-electron chi connectivity index (χ3n) is 3.38. The molecule has 3 N–H and O–H groups in total. The zero-order chi connectivity index (χ0) is 15.8. The first-order chi connectivity index (χ1) is 10.7. The average molecular weight is 298 g/mol. The fraction of sp³-hybridized carbons (Fsp3) is 0.294. The number of nitrogens with one attached hydrogen (secondary N) is 1. The van der Waals surface area contributed by atoms with E-state index in [1.807, 2.05) is 36.5 Å². The number of rotatable bonds is 6. The Bertz CT molecular complexity index is 640. The smallest absolute Gasteiger partial charge is 0.193 e. The lowest BCUT2D eigenvalue weighted by atomic mass is 10.1. The van der Waals surface area contributed by atoms with Gasteiger partial charge in [-0.05, 0) is 36.6 Å². The first-order valence-corrected chi connectivity index (χ1v) is 7.24. The topological polar surface area (TPSA) is 72.5 Å². The number of benzene rings is 1. The maximum absolute atomic E-state index is 5.96. The minimum Gasteiger partial charge on any atom is -0.380 e. The quantitative estimate of drug-likeness (QED) is 0.635. The van der Waals surface area contributed by atoms with Gasteiger partial charge in [-0.15, -0.1) is 0 Å². The molecule has 2 rings (SSSR count). The Labute approximate surface area is 131 Å². The maximum Gasteiger partial charge on any atom is 0.193 e. The van der Waals surface area contributed by atoms with Gasteiger partial charge in [-0.3, -0.25) is 9.98 Å². The number of hydrogen-bond acceptors (Lipinski definition) is 3. The molecule has 5 heteroatoms. The van der Waals surface area contributed by atoms with E-state index >= 15 is 0 Å². The van der Waals surface area contributed by atoms with Crippen molar-refractivity contribution in [3.63, 3.8) is 0 Å². The molecule has 0 aliphatic carbocycles. The van der Waals surface area contributed by atoms with E-state index in [1.165, 1.54) is 11.1 Å². The molecule has 0 bridgehead atoms. The fourth-order valence-corrected chi connectivity index (χ4v) is 2.18. The molecule has 0 unspecified atom stereocenters. The predicted molar refractivity (Wildman–Crippen MR) is 89.9 cm³/mol. The summed E-state index contributed by atoms with van der Waals surface area (Å²) in [5.41, 5.74) is 10.3. The number of hydrogen-bond donors (Lipinski definition) is 2. The number of aromatic nitrogens is 1. The third-order valence-corrected chi connectivity index (χ3v) is 3.38. The van der Waals surface area contributed by atoms with Gasteiger partial charge >= 0.3 is 0 Å². The summed E-state index contributed by atoms with van der Waals surface area (Å²) < 4.78 is 5.18. The van der Waals surface area contributed by atoms with Gasteiger partial charge in [0.15, 0.2) is 5.96 Å². The number of guanidine groups is 1. The van der Waals surface area contributed by atoms with Gasteiger partial charge < -0.3 is 15.8 Å². The SMILES string of the molecule is COCc1ccccc1NC(N)=NCCc1ccncc1C. The van der Waals surface area contributed by atoms with Gasteiger partial charge in [0.25, 0.3) is 0 Å². The van der Waals surface area contributed by atoms with Crippen molar-refractivity contribution < 1.29 is 4.74 Å². The van der Waals surface area contributed by atoms with Gasteiger partial charge in [0.1, 0.15) is 0 Å². The van der Waals surface area contributed by atoms with Crippen molar-refractivity contribution in [2.24, 2.45) is 10.7 Å². The van der Waals surface area contributed by atoms with E-state index in [9.17, 15) is 0 Å². The van der Waals surface area contributed by atoms with Crippen molar-refractivity contribution in [2.45, 2.75) is 20.0 Å². The first kappa shape index (κ1) is 16.0. The summed E-state index contributed by atoms with van der Waals surface area (Å²) >= 11 is 0. The van der Waals surface area contributed by atoms with Crippen molar-refractivity contribution in [3.05, 3.63) is 59.4 Å². The van der Waals surface area contributed by atoms with Crippen LogP contribution >= 0.6 is 0 Å². The highest BCUT2D eigenvalue weighted by atomic mass is 16.5. The van der Waals surface area contributed by atoms with Crippen molar-refractivity contribution in [1.29, 1.82) is 0 Å². The molecule has 1 aromatic carbocycles. The van der Waals surface area contributed by atoms with E-state index in [2.05, 4.69) is 22.2 Å². The summed E-state index contributed by atoms with van der Waals surface area (Å²) in [7, 11) is 1.67. The van der Waals surface area contributed by atoms with Crippen molar-refractivity contribution in [3.8, 4) is 0 Å². The number of anilines is 1. The summed E-state index contributed by atoms with van der Waals surface area (Å²) in [6.07, 6.45) is 4.51. The largest absolute Gasteiger partial charge is 0.380 e. The molecule has 0 atom stereocenters. The molecule has 2 aromatic rings. The lowest BCUT2D eigenvalue weighted by Crippen LogP contribution is -2.23. The summed E-state index contributed by atoms with van der Waals surface area (Å²) in [4.78, 5) is 8.47. The van der Waals surface area contributed by atoms with Gasteiger partial charge in [-0.1, -0.05) is 18.2 Å². The molecule has 0 saturated carbocycles. The van der Waals surface area contributed by atoms with E-state index in [0.717, 1.165) is 17.7 Å². The second-order valence-corrected chi connectivity index (χ2v) is 5.03.